The van der Waals surface area contributed by atoms with Crippen molar-refractivity contribution >= 4 is 34.0 Å². The van der Waals surface area contributed by atoms with Crippen LogP contribution in [0.25, 0.3) is 0 Å². The molecule has 0 saturated carbocycles. The third kappa shape index (κ3) is 26.8. The van der Waals surface area contributed by atoms with Gasteiger partial charge in [0.15, 0.2) is 0 Å². The molecule has 0 spiro atoms. The van der Waals surface area contributed by atoms with Gasteiger partial charge in [0.2, 0.25) is 0 Å². The first-order valence-electron chi connectivity index (χ1n) is 0. The Balaban J connectivity index is 0. The third-order valence-corrected chi connectivity index (χ3v) is 0. The SMILES string of the molecule is [Ag].[Co].[Cu].[Mg].[Ni].[Si]. The third-order valence-electron chi connectivity index (χ3n) is 0. The molecule has 0 bridgehead atoms. The average molecular weight is 341 g/mol. The van der Waals surface area contributed by atoms with E-state index in [2.05, 4.69) is 0 Å². The normalized spacial score (nSPS) is 0. The van der Waals surface area contributed by atoms with Crippen LogP contribution in [0.15, 0.2) is 0 Å². The first-order valence-corrected chi connectivity index (χ1v) is 0. The second-order valence-corrected chi connectivity index (χ2v) is 0. The van der Waals surface area contributed by atoms with E-state index in [4.69, 9.17) is 0 Å². The van der Waals surface area contributed by atoms with Crippen molar-refractivity contribution in [1.29, 1.82) is 0 Å². The Morgan fingerprint density at radius 1 is 1.00 bits per heavy atom. The van der Waals surface area contributed by atoms with Gasteiger partial charge in [-0.05, 0) is 0 Å². The molecule has 0 atom stereocenters. The fraction of sp³-hybridized carbons (Fsp3) is 0. The predicted octanol–water partition coefficient (Wildman–Crippen LogP) is -0.772. The van der Waals surface area contributed by atoms with Crippen LogP contribution in [0.1, 0.15) is 0 Å². The van der Waals surface area contributed by atoms with Gasteiger partial charge in [0, 0.05) is 107 Å². The Morgan fingerprint density at radius 2 is 1.00 bits per heavy atom. The van der Waals surface area contributed by atoms with E-state index < -0.39 is 0 Å². The van der Waals surface area contributed by atoms with Crippen molar-refractivity contribution in [2.45, 2.75) is 0 Å². The van der Waals surface area contributed by atoms with Crippen LogP contribution in [-0.4, -0.2) is 34.0 Å². The number of hydrogen-bond donors (Lipinski definition) is 0. The van der Waals surface area contributed by atoms with E-state index >= 15 is 0 Å². The van der Waals surface area contributed by atoms with E-state index in [0.29, 0.717) is 0 Å². The van der Waals surface area contributed by atoms with E-state index in [1.807, 2.05) is 0 Å². The summed E-state index contributed by atoms with van der Waals surface area (Å²) in [5, 5.41) is 0. The van der Waals surface area contributed by atoms with Crippen LogP contribution in [0.2, 0.25) is 0 Å². The molecule has 0 aromatic carbocycles. The zero-order chi connectivity index (χ0) is 0. The van der Waals surface area contributed by atoms with E-state index in [0.717, 1.165) is 0 Å². The molecular weight excluding hydrogens is 341 g/mol. The second-order valence-electron chi connectivity index (χ2n) is 0. The smallest absolute Gasteiger partial charge is 0 e. The molecular formula is AgCoCuMgNiSi. The monoisotopic (exact) mass is 339 g/mol. The first-order chi connectivity index (χ1) is 0. The summed E-state index contributed by atoms with van der Waals surface area (Å²) >= 11 is 0. The zero-order valence-electron chi connectivity index (χ0n) is 2.46. The molecule has 0 rings (SSSR count). The summed E-state index contributed by atoms with van der Waals surface area (Å²) in [7, 11) is 0. The van der Waals surface area contributed by atoms with Crippen molar-refractivity contribution in [2.24, 2.45) is 0 Å². The van der Waals surface area contributed by atoms with Gasteiger partial charge in [-0.15, -0.1) is 0 Å². The maximum Gasteiger partial charge on any atom is 0 e. The van der Waals surface area contributed by atoms with Gasteiger partial charge >= 0.3 is 0 Å². The van der Waals surface area contributed by atoms with Crippen molar-refractivity contribution in [3.05, 3.63) is 0 Å². The molecule has 0 N–H and O–H groups in total. The summed E-state index contributed by atoms with van der Waals surface area (Å²) in [5.41, 5.74) is 0. The molecule has 0 nitrogen and oxygen atoms in total. The molecule has 0 fully saturated rings. The maximum absolute atomic E-state index is 0. The molecule has 0 aliphatic heterocycles. The minimum Gasteiger partial charge on any atom is 0 e. The van der Waals surface area contributed by atoms with E-state index in [9.17, 15) is 0 Å². The van der Waals surface area contributed by atoms with Crippen LogP contribution < -0.4 is 0 Å². The van der Waals surface area contributed by atoms with E-state index in [-0.39, 0.29) is 107 Å². The van der Waals surface area contributed by atoms with E-state index in [1.54, 1.807) is 0 Å². The van der Waals surface area contributed by atoms with Gasteiger partial charge < -0.3 is 0 Å². The molecule has 9 radical (unpaired) electrons. The molecule has 0 saturated heterocycles. The van der Waals surface area contributed by atoms with Gasteiger partial charge in [0.1, 0.15) is 0 Å². The van der Waals surface area contributed by atoms with E-state index in [1.165, 1.54) is 0 Å². The summed E-state index contributed by atoms with van der Waals surface area (Å²) in [6.45, 7) is 0. The molecule has 47 valence electrons. The minimum atomic E-state index is 0. The molecule has 0 amide bonds. The maximum atomic E-state index is 0. The zero-order valence-corrected chi connectivity index (χ0v) is 9.33. The topological polar surface area (TPSA) is 0 Å². The molecule has 0 unspecified atom stereocenters. The molecule has 6 heteroatoms. The largest absolute Gasteiger partial charge is 0 e. The van der Waals surface area contributed by atoms with Gasteiger partial charge in [-0.25, -0.2) is 0 Å². The molecule has 0 aliphatic carbocycles. The van der Waals surface area contributed by atoms with Gasteiger partial charge in [-0.1, -0.05) is 0 Å². The summed E-state index contributed by atoms with van der Waals surface area (Å²) < 4.78 is 0. The van der Waals surface area contributed by atoms with Crippen LogP contribution in [-0.2, 0) is 72.7 Å². The Morgan fingerprint density at radius 3 is 1.00 bits per heavy atom. The van der Waals surface area contributed by atoms with Gasteiger partial charge in [-0.2, -0.15) is 0 Å². The Labute approximate surface area is 105 Å². The Kier molecular flexibility index (Phi) is 409. The van der Waals surface area contributed by atoms with Gasteiger partial charge in [0.25, 0.3) is 0 Å². The van der Waals surface area contributed by atoms with Gasteiger partial charge in [-0.3, -0.25) is 0 Å². The van der Waals surface area contributed by atoms with Crippen LogP contribution in [0.3, 0.4) is 0 Å². The minimum absolute atomic E-state index is 0. The quantitative estimate of drug-likeness (QED) is 0.508. The van der Waals surface area contributed by atoms with Crippen molar-refractivity contribution in [3.8, 4) is 0 Å². The summed E-state index contributed by atoms with van der Waals surface area (Å²) in [4.78, 5) is 0. The number of rotatable bonds is 0. The first kappa shape index (κ1) is 59.7. The van der Waals surface area contributed by atoms with Crippen LogP contribution in [0, 0.1) is 0 Å². The van der Waals surface area contributed by atoms with Crippen molar-refractivity contribution in [2.75, 3.05) is 0 Å². The fourth-order valence-electron chi connectivity index (χ4n) is 0. The Bertz CT molecular complexity index is 15.5. The molecule has 0 aromatic rings. The van der Waals surface area contributed by atoms with Crippen LogP contribution in [0.5, 0.6) is 0 Å². The second kappa shape index (κ2) is 41.1. The molecule has 6 heavy (non-hydrogen) atoms. The van der Waals surface area contributed by atoms with Crippen LogP contribution >= 0.6 is 0 Å². The van der Waals surface area contributed by atoms with Crippen molar-refractivity contribution < 1.29 is 72.7 Å². The molecule has 0 aromatic heterocycles. The Hall–Kier alpha value is 3.24. The summed E-state index contributed by atoms with van der Waals surface area (Å²) in [6, 6.07) is 0. The summed E-state index contributed by atoms with van der Waals surface area (Å²) in [6.07, 6.45) is 0. The predicted molar refractivity (Wildman–Crippen MR) is 11.5 cm³/mol. The van der Waals surface area contributed by atoms with Gasteiger partial charge in [0.05, 0.1) is 0 Å². The fourth-order valence-corrected chi connectivity index (χ4v) is 0. The van der Waals surface area contributed by atoms with Crippen LogP contribution in [0.4, 0.5) is 0 Å². The summed E-state index contributed by atoms with van der Waals surface area (Å²) in [5.74, 6) is 0. The molecule has 0 aliphatic rings. The van der Waals surface area contributed by atoms with Crippen molar-refractivity contribution in [3.63, 3.8) is 0 Å². The average Bonchev–Trinajstić information content (AvgIpc) is 0. The number of hydrogen-bond acceptors (Lipinski definition) is 0. The van der Waals surface area contributed by atoms with Crippen molar-refractivity contribution in [1.82, 2.24) is 0 Å². The molecule has 0 heterocycles. The standard InChI is InChI=1S/Ag.Co.Cu.Mg.Ni.Si.